The molecular weight excluding hydrogens is 344 g/mol. The average molecular weight is 361 g/mol. The first kappa shape index (κ1) is 16.9. The Morgan fingerprint density at radius 3 is 2.71 bits per heavy atom. The van der Waals surface area contributed by atoms with E-state index in [2.05, 4.69) is 5.32 Å². The number of carbonyl (C=O) groups is 2. The Bertz CT molecular complexity index is 809. The number of carbonyl (C=O) groups excluding carboxylic acids is 2. The maximum absolute atomic E-state index is 12.7. The number of hydrogen-bond acceptors (Lipinski definition) is 4. The largest absolute Gasteiger partial charge is 0.373 e. The summed E-state index contributed by atoms with van der Waals surface area (Å²) in [6, 6.07) is 12.4. The fourth-order valence-electron chi connectivity index (χ4n) is 2.65. The highest BCUT2D eigenvalue weighted by Crippen LogP contribution is 2.29. The fraction of sp³-hybridized carbons (Fsp3) is 0.222. The molecule has 24 heavy (non-hydrogen) atoms. The molecule has 0 spiro atoms. The van der Waals surface area contributed by atoms with Crippen LogP contribution in [0.3, 0.4) is 0 Å². The SMILES string of the molecule is CSc1cccc(N[C@@H]2CC(=O)N(c3ccc(C)c(Cl)c3)C2=O)c1. The fourth-order valence-corrected chi connectivity index (χ4v) is 3.29. The molecule has 1 aliphatic rings. The smallest absolute Gasteiger partial charge is 0.256 e. The summed E-state index contributed by atoms with van der Waals surface area (Å²) >= 11 is 7.75. The van der Waals surface area contributed by atoms with Gasteiger partial charge in [-0.2, -0.15) is 0 Å². The van der Waals surface area contributed by atoms with E-state index in [0.717, 1.165) is 16.1 Å². The van der Waals surface area contributed by atoms with Crippen molar-refractivity contribution >= 4 is 46.6 Å². The van der Waals surface area contributed by atoms with E-state index in [0.29, 0.717) is 10.7 Å². The highest BCUT2D eigenvalue weighted by molar-refractivity contribution is 7.98. The van der Waals surface area contributed by atoms with Crippen LogP contribution in [-0.2, 0) is 9.59 Å². The molecule has 0 aromatic heterocycles. The number of imide groups is 1. The predicted octanol–water partition coefficient (Wildman–Crippen LogP) is 4.11. The normalized spacial score (nSPS) is 17.5. The predicted molar refractivity (Wildman–Crippen MR) is 98.9 cm³/mol. The minimum Gasteiger partial charge on any atom is -0.373 e. The lowest BCUT2D eigenvalue weighted by Gasteiger charge is -2.17. The summed E-state index contributed by atoms with van der Waals surface area (Å²) in [5, 5.41) is 3.70. The van der Waals surface area contributed by atoms with Gasteiger partial charge in [0.15, 0.2) is 0 Å². The van der Waals surface area contributed by atoms with Crippen molar-refractivity contribution in [1.29, 1.82) is 0 Å². The summed E-state index contributed by atoms with van der Waals surface area (Å²) in [4.78, 5) is 27.3. The molecule has 0 radical (unpaired) electrons. The van der Waals surface area contributed by atoms with Gasteiger partial charge in [-0.15, -0.1) is 11.8 Å². The van der Waals surface area contributed by atoms with E-state index in [1.807, 2.05) is 37.4 Å². The number of thioether (sulfide) groups is 1. The topological polar surface area (TPSA) is 49.4 Å². The second kappa shape index (κ2) is 6.87. The number of nitrogens with zero attached hydrogens (tertiary/aromatic N) is 1. The highest BCUT2D eigenvalue weighted by Gasteiger charge is 2.39. The monoisotopic (exact) mass is 360 g/mol. The molecule has 2 aromatic carbocycles. The van der Waals surface area contributed by atoms with Crippen molar-refractivity contribution in [3.05, 3.63) is 53.1 Å². The van der Waals surface area contributed by atoms with Gasteiger partial charge in [-0.05, 0) is 49.1 Å². The number of rotatable bonds is 4. The molecule has 0 aliphatic carbocycles. The van der Waals surface area contributed by atoms with E-state index < -0.39 is 6.04 Å². The summed E-state index contributed by atoms with van der Waals surface area (Å²) in [5.41, 5.74) is 2.25. The number of halogens is 1. The quantitative estimate of drug-likeness (QED) is 0.658. The zero-order chi connectivity index (χ0) is 17.3. The van der Waals surface area contributed by atoms with Gasteiger partial charge in [-0.1, -0.05) is 23.7 Å². The summed E-state index contributed by atoms with van der Waals surface area (Å²) in [6.07, 6.45) is 2.13. The maximum Gasteiger partial charge on any atom is 0.256 e. The summed E-state index contributed by atoms with van der Waals surface area (Å²) < 4.78 is 0. The van der Waals surface area contributed by atoms with Crippen molar-refractivity contribution in [2.75, 3.05) is 16.5 Å². The van der Waals surface area contributed by atoms with Gasteiger partial charge in [-0.25, -0.2) is 4.90 Å². The number of nitrogens with one attached hydrogen (secondary N) is 1. The summed E-state index contributed by atoms with van der Waals surface area (Å²) in [7, 11) is 0. The van der Waals surface area contributed by atoms with Crippen molar-refractivity contribution in [2.45, 2.75) is 24.3 Å². The molecule has 1 atom stereocenters. The lowest BCUT2D eigenvalue weighted by Crippen LogP contribution is -2.34. The summed E-state index contributed by atoms with van der Waals surface area (Å²) in [6.45, 7) is 1.88. The third kappa shape index (κ3) is 3.28. The van der Waals surface area contributed by atoms with E-state index in [1.165, 1.54) is 4.90 Å². The second-order valence-corrected chi connectivity index (χ2v) is 6.92. The van der Waals surface area contributed by atoms with Crippen LogP contribution in [0.25, 0.3) is 0 Å². The van der Waals surface area contributed by atoms with Crippen LogP contribution in [0, 0.1) is 6.92 Å². The third-order valence-electron chi connectivity index (χ3n) is 3.97. The van der Waals surface area contributed by atoms with E-state index in [1.54, 1.807) is 30.0 Å². The first-order valence-electron chi connectivity index (χ1n) is 7.53. The minimum absolute atomic E-state index is 0.133. The highest BCUT2D eigenvalue weighted by atomic mass is 35.5. The van der Waals surface area contributed by atoms with Crippen molar-refractivity contribution in [1.82, 2.24) is 0 Å². The molecule has 2 amide bonds. The van der Waals surface area contributed by atoms with E-state index >= 15 is 0 Å². The van der Waals surface area contributed by atoms with Gasteiger partial charge in [0.1, 0.15) is 6.04 Å². The molecule has 1 aliphatic heterocycles. The number of aryl methyl sites for hydroxylation is 1. The maximum atomic E-state index is 12.7. The Balaban J connectivity index is 1.82. The van der Waals surface area contributed by atoms with Gasteiger partial charge in [0.05, 0.1) is 12.1 Å². The van der Waals surface area contributed by atoms with Crippen LogP contribution >= 0.6 is 23.4 Å². The Morgan fingerprint density at radius 1 is 1.21 bits per heavy atom. The molecule has 124 valence electrons. The van der Waals surface area contributed by atoms with Crippen LogP contribution < -0.4 is 10.2 Å². The molecule has 0 bridgehead atoms. The number of hydrogen-bond donors (Lipinski definition) is 1. The number of amides is 2. The Morgan fingerprint density at radius 2 is 2.00 bits per heavy atom. The van der Waals surface area contributed by atoms with Crippen molar-refractivity contribution in [3.8, 4) is 0 Å². The lowest BCUT2D eigenvalue weighted by atomic mass is 10.2. The van der Waals surface area contributed by atoms with Gasteiger partial charge < -0.3 is 5.32 Å². The van der Waals surface area contributed by atoms with E-state index in [-0.39, 0.29) is 18.2 Å². The zero-order valence-corrected chi connectivity index (χ0v) is 14.9. The van der Waals surface area contributed by atoms with Crippen LogP contribution in [0.15, 0.2) is 47.4 Å². The first-order chi connectivity index (χ1) is 11.5. The van der Waals surface area contributed by atoms with Gasteiger partial charge in [0.25, 0.3) is 5.91 Å². The Hall–Kier alpha value is -1.98. The molecule has 3 rings (SSSR count). The zero-order valence-electron chi connectivity index (χ0n) is 13.4. The molecule has 1 fully saturated rings. The average Bonchev–Trinajstić information content (AvgIpc) is 2.84. The second-order valence-electron chi connectivity index (χ2n) is 5.63. The molecule has 4 nitrogen and oxygen atoms in total. The molecule has 1 heterocycles. The van der Waals surface area contributed by atoms with E-state index in [9.17, 15) is 9.59 Å². The summed E-state index contributed by atoms with van der Waals surface area (Å²) in [5.74, 6) is -0.479. The van der Waals surface area contributed by atoms with Crippen LogP contribution in [0.5, 0.6) is 0 Å². The Kier molecular flexibility index (Phi) is 4.83. The molecule has 1 N–H and O–H groups in total. The van der Waals surface area contributed by atoms with Gasteiger partial charge in [-0.3, -0.25) is 9.59 Å². The molecule has 2 aromatic rings. The van der Waals surface area contributed by atoms with Crippen molar-refractivity contribution < 1.29 is 9.59 Å². The molecule has 0 saturated carbocycles. The minimum atomic E-state index is -0.560. The third-order valence-corrected chi connectivity index (χ3v) is 5.10. The van der Waals surface area contributed by atoms with Crippen molar-refractivity contribution in [3.63, 3.8) is 0 Å². The van der Waals surface area contributed by atoms with Crippen LogP contribution in [0.2, 0.25) is 5.02 Å². The Labute approximate surface area is 150 Å². The standard InChI is InChI=1S/C18H17ClN2O2S/c1-11-6-7-13(9-15(11)19)21-17(22)10-16(18(21)23)20-12-4-3-5-14(8-12)24-2/h3-9,16,20H,10H2,1-2H3/t16-/m1/s1. The first-order valence-corrected chi connectivity index (χ1v) is 9.13. The van der Waals surface area contributed by atoms with Crippen LogP contribution in [0.4, 0.5) is 11.4 Å². The van der Waals surface area contributed by atoms with Gasteiger partial charge in [0.2, 0.25) is 5.91 Å². The molecule has 0 unspecified atom stereocenters. The lowest BCUT2D eigenvalue weighted by molar-refractivity contribution is -0.121. The number of benzene rings is 2. The van der Waals surface area contributed by atoms with Crippen LogP contribution in [-0.4, -0.2) is 24.1 Å². The van der Waals surface area contributed by atoms with Crippen LogP contribution in [0.1, 0.15) is 12.0 Å². The molecule has 1 saturated heterocycles. The molecule has 6 heteroatoms. The van der Waals surface area contributed by atoms with Gasteiger partial charge >= 0.3 is 0 Å². The number of anilines is 2. The van der Waals surface area contributed by atoms with E-state index in [4.69, 9.17) is 11.6 Å². The van der Waals surface area contributed by atoms with Gasteiger partial charge in [0, 0.05) is 15.6 Å². The van der Waals surface area contributed by atoms with Crippen molar-refractivity contribution in [2.24, 2.45) is 0 Å². The molecular formula is C18H17ClN2O2S.